The van der Waals surface area contributed by atoms with Gasteiger partial charge in [0.05, 0.1) is 18.0 Å². The Labute approximate surface area is 71.2 Å². The molecule has 0 N–H and O–H groups in total. The first-order valence-corrected chi connectivity index (χ1v) is 4.54. The molecule has 2 nitrogen and oxygen atoms in total. The van der Waals surface area contributed by atoms with E-state index < -0.39 is 0 Å². The molecule has 0 unspecified atom stereocenters. The topological polar surface area (TPSA) is 17.8 Å². The number of hydrogen-bond donors (Lipinski definition) is 0. The first-order chi connectivity index (χ1) is 5.42. The van der Waals surface area contributed by atoms with Gasteiger partial charge in [-0.15, -0.1) is 11.6 Å². The third kappa shape index (κ3) is 1.16. The minimum absolute atomic E-state index is 0.544. The van der Waals surface area contributed by atoms with Crippen molar-refractivity contribution in [2.24, 2.45) is 0 Å². The van der Waals surface area contributed by atoms with Crippen molar-refractivity contribution in [1.82, 2.24) is 9.55 Å². The zero-order chi connectivity index (χ0) is 7.68. The summed E-state index contributed by atoms with van der Waals surface area (Å²) in [6, 6.07) is 0.544. The van der Waals surface area contributed by atoms with Gasteiger partial charge in [0.25, 0.3) is 0 Å². The highest BCUT2D eigenvalue weighted by atomic mass is 35.5. The lowest BCUT2D eigenvalue weighted by Gasteiger charge is -2.11. The van der Waals surface area contributed by atoms with Gasteiger partial charge in [-0.1, -0.05) is 0 Å². The van der Waals surface area contributed by atoms with E-state index in [-0.39, 0.29) is 0 Å². The maximum absolute atomic E-state index is 5.73. The van der Waals surface area contributed by atoms with Gasteiger partial charge in [-0.25, -0.2) is 4.98 Å². The van der Waals surface area contributed by atoms with E-state index in [0.29, 0.717) is 6.00 Å². The van der Waals surface area contributed by atoms with Crippen LogP contribution in [0.4, 0.5) is 0 Å². The van der Waals surface area contributed by atoms with Crippen LogP contribution in [0.3, 0.4) is 0 Å². The molecule has 0 radical (unpaired) electrons. The van der Waals surface area contributed by atoms with E-state index in [2.05, 4.69) is 4.98 Å². The summed E-state index contributed by atoms with van der Waals surface area (Å²) in [5.41, 5.74) is 2.61. The Balaban J connectivity index is 2.38. The lowest BCUT2D eigenvalue weighted by molar-refractivity contribution is 0.640. The van der Waals surface area contributed by atoms with Crippen molar-refractivity contribution in [3.05, 3.63) is 17.7 Å². The molecule has 0 aliphatic heterocycles. The number of nitrogens with zero attached hydrogens (tertiary/aromatic N) is 2. The van der Waals surface area contributed by atoms with Crippen molar-refractivity contribution < 1.29 is 0 Å². The normalized spacial score (nSPS) is 16.5. The summed E-state index contributed by atoms with van der Waals surface area (Å²) in [5, 5.41) is 0. The van der Waals surface area contributed by atoms with E-state index in [1.54, 1.807) is 0 Å². The number of alkyl halides is 1. The van der Waals surface area contributed by atoms with Gasteiger partial charge in [-0.05, 0) is 25.7 Å². The zero-order valence-corrected chi connectivity index (χ0v) is 7.14. The number of hydrogen-bond acceptors (Lipinski definition) is 1. The summed E-state index contributed by atoms with van der Waals surface area (Å²) in [6.07, 6.45) is 6.71. The first kappa shape index (κ1) is 7.17. The van der Waals surface area contributed by atoms with Gasteiger partial charge in [0.15, 0.2) is 0 Å². The molecule has 1 aliphatic rings. The number of aryl methyl sites for hydroxylation is 1. The number of fused-ring (bicyclic) bond motifs is 1. The largest absolute Gasteiger partial charge is 0.320 e. The fourth-order valence-electron chi connectivity index (χ4n) is 1.63. The minimum Gasteiger partial charge on any atom is -0.320 e. The second-order valence-electron chi connectivity index (χ2n) is 2.93. The maximum Gasteiger partial charge on any atom is 0.0983 e. The zero-order valence-electron chi connectivity index (χ0n) is 6.39. The van der Waals surface area contributed by atoms with Crippen LogP contribution in [-0.2, 0) is 18.8 Å². The van der Waals surface area contributed by atoms with Gasteiger partial charge < -0.3 is 4.57 Å². The fraction of sp³-hybridized carbons (Fsp3) is 0.625. The van der Waals surface area contributed by atoms with Crippen LogP contribution >= 0.6 is 11.6 Å². The summed E-state index contributed by atoms with van der Waals surface area (Å²) in [7, 11) is 0. The number of imidazole rings is 1. The third-order valence-corrected chi connectivity index (χ3v) is 2.50. The Bertz CT molecular complexity index is 241. The molecule has 1 aliphatic carbocycles. The molecule has 1 heterocycles. The summed E-state index contributed by atoms with van der Waals surface area (Å²) in [5.74, 6) is 0. The summed E-state index contributed by atoms with van der Waals surface area (Å²) >= 11 is 5.73. The van der Waals surface area contributed by atoms with Gasteiger partial charge in [0, 0.05) is 5.69 Å². The predicted octanol–water partition coefficient (Wildman–Crippen LogP) is 1.96. The van der Waals surface area contributed by atoms with Gasteiger partial charge in [0.2, 0.25) is 0 Å². The van der Waals surface area contributed by atoms with Crippen molar-refractivity contribution in [2.75, 3.05) is 0 Å². The molecule has 0 saturated heterocycles. The van der Waals surface area contributed by atoms with Gasteiger partial charge in [-0.3, -0.25) is 0 Å². The summed E-state index contributed by atoms with van der Waals surface area (Å²) in [6.45, 7) is 0. The quantitative estimate of drug-likeness (QED) is 0.590. The minimum atomic E-state index is 0.544. The smallest absolute Gasteiger partial charge is 0.0983 e. The lowest BCUT2D eigenvalue weighted by atomic mass is 10.0. The molecule has 1 aromatic heterocycles. The van der Waals surface area contributed by atoms with E-state index in [0.717, 1.165) is 12.8 Å². The molecule has 0 amide bonds. The Kier molecular flexibility index (Phi) is 1.86. The second-order valence-corrected chi connectivity index (χ2v) is 3.17. The average Bonchev–Trinajstić information content (AvgIpc) is 2.47. The molecule has 0 aromatic carbocycles. The standard InChI is InChI=1S/C8H11ClN2/c9-5-11-6-10-7-3-1-2-4-8(7)11/h6H,1-5H2. The Morgan fingerprint density at radius 1 is 1.45 bits per heavy atom. The molecule has 0 saturated carbocycles. The first-order valence-electron chi connectivity index (χ1n) is 4.00. The SMILES string of the molecule is ClCn1cnc2c1CCCC2. The molecule has 1 aromatic rings. The Morgan fingerprint density at radius 3 is 3.09 bits per heavy atom. The molecule has 60 valence electrons. The third-order valence-electron chi connectivity index (χ3n) is 2.24. The molecule has 3 heteroatoms. The second kappa shape index (κ2) is 2.86. The summed E-state index contributed by atoms with van der Waals surface area (Å²) in [4.78, 5) is 4.31. The van der Waals surface area contributed by atoms with Crippen LogP contribution < -0.4 is 0 Å². The van der Waals surface area contributed by atoms with Crippen LogP contribution in [0, 0.1) is 0 Å². The van der Waals surface area contributed by atoms with Crippen LogP contribution in [0.15, 0.2) is 6.33 Å². The van der Waals surface area contributed by atoms with Gasteiger partial charge in [-0.2, -0.15) is 0 Å². The average molecular weight is 171 g/mol. The highest BCUT2D eigenvalue weighted by Crippen LogP contribution is 2.19. The number of halogens is 1. The molecular weight excluding hydrogens is 160 g/mol. The highest BCUT2D eigenvalue weighted by Gasteiger charge is 2.13. The van der Waals surface area contributed by atoms with Crippen LogP contribution in [-0.4, -0.2) is 9.55 Å². The van der Waals surface area contributed by atoms with E-state index in [9.17, 15) is 0 Å². The van der Waals surface area contributed by atoms with Crippen LogP contribution in [0.1, 0.15) is 24.2 Å². The van der Waals surface area contributed by atoms with Crippen molar-refractivity contribution >= 4 is 11.6 Å². The van der Waals surface area contributed by atoms with E-state index in [4.69, 9.17) is 11.6 Å². The van der Waals surface area contributed by atoms with E-state index >= 15 is 0 Å². The Hall–Kier alpha value is -0.500. The van der Waals surface area contributed by atoms with Crippen LogP contribution in [0.2, 0.25) is 0 Å². The van der Waals surface area contributed by atoms with Crippen molar-refractivity contribution in [3.63, 3.8) is 0 Å². The van der Waals surface area contributed by atoms with Crippen LogP contribution in [0.5, 0.6) is 0 Å². The highest BCUT2D eigenvalue weighted by molar-refractivity contribution is 6.15. The fourth-order valence-corrected chi connectivity index (χ4v) is 1.84. The van der Waals surface area contributed by atoms with Gasteiger partial charge in [0.1, 0.15) is 0 Å². The maximum atomic E-state index is 5.73. The van der Waals surface area contributed by atoms with Gasteiger partial charge >= 0.3 is 0 Å². The Morgan fingerprint density at radius 2 is 2.27 bits per heavy atom. The molecule has 0 fully saturated rings. The van der Waals surface area contributed by atoms with Crippen LogP contribution in [0.25, 0.3) is 0 Å². The summed E-state index contributed by atoms with van der Waals surface area (Å²) < 4.78 is 2.04. The predicted molar refractivity (Wildman–Crippen MR) is 44.7 cm³/mol. The van der Waals surface area contributed by atoms with E-state index in [1.165, 1.54) is 24.2 Å². The molecule has 11 heavy (non-hydrogen) atoms. The van der Waals surface area contributed by atoms with E-state index in [1.807, 2.05) is 10.9 Å². The number of rotatable bonds is 1. The molecule has 0 bridgehead atoms. The molecule has 0 spiro atoms. The van der Waals surface area contributed by atoms with Crippen molar-refractivity contribution in [2.45, 2.75) is 31.7 Å². The molecular formula is C8H11ClN2. The monoisotopic (exact) mass is 170 g/mol. The van der Waals surface area contributed by atoms with Crippen molar-refractivity contribution in [1.29, 1.82) is 0 Å². The van der Waals surface area contributed by atoms with Crippen molar-refractivity contribution in [3.8, 4) is 0 Å². The molecule has 0 atom stereocenters. The lowest BCUT2D eigenvalue weighted by Crippen LogP contribution is -2.06. The number of aromatic nitrogens is 2. The molecule has 2 rings (SSSR count).